The van der Waals surface area contributed by atoms with Crippen LogP contribution < -0.4 is 4.90 Å². The number of anilines is 1. The fourth-order valence-electron chi connectivity index (χ4n) is 4.93. The Labute approximate surface area is 170 Å². The van der Waals surface area contributed by atoms with Crippen molar-refractivity contribution in [1.82, 2.24) is 15.0 Å². The van der Waals surface area contributed by atoms with Gasteiger partial charge in [-0.25, -0.2) is 4.98 Å². The highest BCUT2D eigenvalue weighted by Gasteiger charge is 2.45. The molecule has 1 spiro atoms. The third kappa shape index (κ3) is 3.16. The lowest BCUT2D eigenvalue weighted by Crippen LogP contribution is -2.42. The van der Waals surface area contributed by atoms with Gasteiger partial charge < -0.3 is 14.3 Å². The number of hydrogen-bond donors (Lipinski definition) is 0. The van der Waals surface area contributed by atoms with Gasteiger partial charge in [-0.2, -0.15) is 0 Å². The van der Waals surface area contributed by atoms with Gasteiger partial charge in [-0.15, -0.1) is 0 Å². The molecule has 0 aliphatic carbocycles. The van der Waals surface area contributed by atoms with Crippen LogP contribution in [0.3, 0.4) is 0 Å². The Bertz CT molecular complexity index is 1040. The molecule has 2 aromatic heterocycles. The number of likely N-dealkylation sites (tertiary alicyclic amines) is 1. The highest BCUT2D eigenvalue weighted by molar-refractivity contribution is 5.92. The van der Waals surface area contributed by atoms with E-state index in [2.05, 4.69) is 45.4 Å². The molecule has 0 N–H and O–H groups in total. The van der Waals surface area contributed by atoms with Crippen LogP contribution >= 0.6 is 0 Å². The van der Waals surface area contributed by atoms with Gasteiger partial charge in [0.25, 0.3) is 0 Å². The number of carbonyl (C=O) groups excluding carboxylic acids is 1. The van der Waals surface area contributed by atoms with Crippen molar-refractivity contribution in [3.8, 4) is 0 Å². The minimum Gasteiger partial charge on any atom is -0.361 e. The summed E-state index contributed by atoms with van der Waals surface area (Å²) in [5.74, 6) is 2.13. The number of aryl methyl sites for hydroxylation is 2. The zero-order valence-electron chi connectivity index (χ0n) is 17.0. The van der Waals surface area contributed by atoms with Crippen LogP contribution in [0.15, 0.2) is 41.1 Å². The van der Waals surface area contributed by atoms with Gasteiger partial charge in [-0.05, 0) is 38.1 Å². The van der Waals surface area contributed by atoms with Gasteiger partial charge in [0.2, 0.25) is 5.91 Å². The molecular formula is C23H26N4O2. The summed E-state index contributed by atoms with van der Waals surface area (Å²) in [6.45, 7) is 7.17. The third-order valence-electron chi connectivity index (χ3n) is 6.71. The van der Waals surface area contributed by atoms with Crippen LogP contribution in [0.5, 0.6) is 0 Å². The maximum atomic E-state index is 12.8. The molecular weight excluding hydrogens is 364 g/mol. The highest BCUT2D eigenvalue weighted by atomic mass is 16.5. The minimum absolute atomic E-state index is 0.0805. The van der Waals surface area contributed by atoms with E-state index in [1.807, 2.05) is 24.9 Å². The monoisotopic (exact) mass is 390 g/mol. The highest BCUT2D eigenvalue weighted by Crippen LogP contribution is 2.43. The second kappa shape index (κ2) is 6.87. The Morgan fingerprint density at radius 2 is 1.93 bits per heavy atom. The number of fused-ring (bicyclic) bond motifs is 1. The van der Waals surface area contributed by atoms with E-state index in [0.717, 1.165) is 55.3 Å². The lowest BCUT2D eigenvalue weighted by atomic mass is 9.77. The van der Waals surface area contributed by atoms with Gasteiger partial charge in [-0.1, -0.05) is 29.4 Å². The normalized spacial score (nSPS) is 18.9. The van der Waals surface area contributed by atoms with E-state index in [4.69, 9.17) is 4.52 Å². The summed E-state index contributed by atoms with van der Waals surface area (Å²) in [6.07, 6.45) is 4.57. The molecule has 0 unspecified atom stereocenters. The van der Waals surface area contributed by atoms with E-state index in [0.29, 0.717) is 13.0 Å². The fraction of sp³-hybridized carbons (Fsp3) is 0.435. The number of benzene rings is 1. The number of carbonyl (C=O) groups is 1. The van der Waals surface area contributed by atoms with Gasteiger partial charge in [-0.3, -0.25) is 4.79 Å². The van der Waals surface area contributed by atoms with Crippen molar-refractivity contribution in [2.75, 3.05) is 24.5 Å². The maximum absolute atomic E-state index is 12.8. The largest absolute Gasteiger partial charge is 0.361 e. The van der Waals surface area contributed by atoms with Gasteiger partial charge >= 0.3 is 0 Å². The van der Waals surface area contributed by atoms with Gasteiger partial charge in [0.1, 0.15) is 11.6 Å². The van der Waals surface area contributed by atoms with E-state index in [-0.39, 0.29) is 11.3 Å². The van der Waals surface area contributed by atoms with Crippen molar-refractivity contribution in [2.24, 2.45) is 5.41 Å². The van der Waals surface area contributed by atoms with Crippen molar-refractivity contribution in [3.05, 3.63) is 53.5 Å². The van der Waals surface area contributed by atoms with Gasteiger partial charge in [0, 0.05) is 48.6 Å². The second-order valence-electron chi connectivity index (χ2n) is 8.57. The average molecular weight is 390 g/mol. The Hall–Kier alpha value is -2.89. The predicted octanol–water partition coefficient (Wildman–Crippen LogP) is 3.86. The van der Waals surface area contributed by atoms with E-state index in [9.17, 15) is 4.79 Å². The number of hydrogen-bond acceptors (Lipinski definition) is 5. The quantitative estimate of drug-likeness (QED) is 0.680. The Morgan fingerprint density at radius 3 is 2.69 bits per heavy atom. The summed E-state index contributed by atoms with van der Waals surface area (Å²) in [7, 11) is 0. The first-order chi connectivity index (χ1) is 14.0. The predicted molar refractivity (Wildman–Crippen MR) is 112 cm³/mol. The lowest BCUT2D eigenvalue weighted by Gasteiger charge is -2.39. The fourth-order valence-corrected chi connectivity index (χ4v) is 4.93. The van der Waals surface area contributed by atoms with E-state index in [1.54, 1.807) is 0 Å². The molecule has 29 heavy (non-hydrogen) atoms. The van der Waals surface area contributed by atoms with Crippen LogP contribution in [-0.4, -0.2) is 40.6 Å². The number of aromatic nitrogens is 2. The summed E-state index contributed by atoms with van der Waals surface area (Å²) in [5.41, 5.74) is 2.01. The lowest BCUT2D eigenvalue weighted by molar-refractivity contribution is -0.128. The van der Waals surface area contributed by atoms with Crippen LogP contribution in [-0.2, 0) is 11.3 Å². The first-order valence-electron chi connectivity index (χ1n) is 10.3. The van der Waals surface area contributed by atoms with Crippen molar-refractivity contribution < 1.29 is 9.32 Å². The molecule has 0 bridgehead atoms. The van der Waals surface area contributed by atoms with Crippen molar-refractivity contribution in [1.29, 1.82) is 0 Å². The molecule has 2 saturated heterocycles. The van der Waals surface area contributed by atoms with Gasteiger partial charge in [0.05, 0.1) is 12.2 Å². The van der Waals surface area contributed by atoms with E-state index >= 15 is 0 Å². The second-order valence-corrected chi connectivity index (χ2v) is 8.57. The van der Waals surface area contributed by atoms with Crippen LogP contribution in [0.1, 0.15) is 36.3 Å². The molecule has 4 heterocycles. The summed E-state index contributed by atoms with van der Waals surface area (Å²) < 4.78 is 5.27. The molecule has 3 aromatic rings. The summed E-state index contributed by atoms with van der Waals surface area (Å²) in [5, 5.41) is 6.45. The molecule has 2 fully saturated rings. The SMILES string of the molecule is Cc1noc(C)c1CN1CC2(CCN(c3nccc4ccccc34)CC2)CC1=O. The standard InChI is InChI=1S/C23H26N4O2/c1-16-20(17(2)29-25-16)14-27-15-23(13-21(27)28)8-11-26(12-9-23)22-19-6-4-3-5-18(19)7-10-24-22/h3-7,10H,8-9,11-15H2,1-2H3. The smallest absolute Gasteiger partial charge is 0.223 e. The molecule has 2 aliphatic rings. The molecule has 5 rings (SSSR count). The van der Waals surface area contributed by atoms with Crippen molar-refractivity contribution in [3.63, 3.8) is 0 Å². The molecule has 0 saturated carbocycles. The molecule has 6 heteroatoms. The molecule has 0 atom stereocenters. The topological polar surface area (TPSA) is 62.5 Å². The first kappa shape index (κ1) is 18.2. The third-order valence-corrected chi connectivity index (χ3v) is 6.71. The van der Waals surface area contributed by atoms with Crippen molar-refractivity contribution >= 4 is 22.5 Å². The zero-order valence-corrected chi connectivity index (χ0v) is 17.0. The van der Waals surface area contributed by atoms with Crippen LogP contribution in [0, 0.1) is 19.3 Å². The van der Waals surface area contributed by atoms with E-state index in [1.165, 1.54) is 10.8 Å². The zero-order chi connectivity index (χ0) is 20.0. The Morgan fingerprint density at radius 1 is 1.14 bits per heavy atom. The molecule has 150 valence electrons. The van der Waals surface area contributed by atoms with Crippen LogP contribution in [0.25, 0.3) is 10.8 Å². The maximum Gasteiger partial charge on any atom is 0.223 e. The Balaban J connectivity index is 1.30. The minimum atomic E-state index is 0.0805. The number of amides is 1. The van der Waals surface area contributed by atoms with E-state index < -0.39 is 0 Å². The molecule has 1 amide bonds. The summed E-state index contributed by atoms with van der Waals surface area (Å²) in [6, 6.07) is 10.5. The molecule has 0 radical (unpaired) electrons. The average Bonchev–Trinajstić information content (AvgIpc) is 3.21. The number of rotatable bonds is 3. The molecule has 1 aromatic carbocycles. The van der Waals surface area contributed by atoms with Crippen LogP contribution in [0.2, 0.25) is 0 Å². The molecule has 2 aliphatic heterocycles. The van der Waals surface area contributed by atoms with Gasteiger partial charge in [0.15, 0.2) is 0 Å². The number of nitrogens with zero attached hydrogens (tertiary/aromatic N) is 4. The summed E-state index contributed by atoms with van der Waals surface area (Å²) >= 11 is 0. The number of piperidine rings is 1. The number of pyridine rings is 1. The first-order valence-corrected chi connectivity index (χ1v) is 10.3. The molecule has 6 nitrogen and oxygen atoms in total. The van der Waals surface area contributed by atoms with Crippen LogP contribution in [0.4, 0.5) is 5.82 Å². The summed E-state index contributed by atoms with van der Waals surface area (Å²) in [4.78, 5) is 21.8. The Kier molecular flexibility index (Phi) is 4.30. The van der Waals surface area contributed by atoms with Crippen molar-refractivity contribution in [2.45, 2.75) is 39.7 Å².